The van der Waals surface area contributed by atoms with E-state index in [9.17, 15) is 4.79 Å². The van der Waals surface area contributed by atoms with Crippen molar-refractivity contribution in [1.82, 2.24) is 15.2 Å². The van der Waals surface area contributed by atoms with Crippen LogP contribution in [0.5, 0.6) is 0 Å². The van der Waals surface area contributed by atoms with Crippen molar-refractivity contribution in [3.8, 4) is 0 Å². The minimum absolute atomic E-state index is 0.0538. The first-order valence-corrected chi connectivity index (χ1v) is 7.28. The molecular formula is C15H24N4O. The van der Waals surface area contributed by atoms with Crippen LogP contribution in [0.15, 0.2) is 18.3 Å². The molecule has 0 aliphatic carbocycles. The fourth-order valence-corrected chi connectivity index (χ4v) is 2.56. The van der Waals surface area contributed by atoms with Crippen molar-refractivity contribution >= 4 is 11.6 Å². The molecule has 1 fully saturated rings. The van der Waals surface area contributed by atoms with Crippen LogP contribution in [0, 0.1) is 0 Å². The lowest BCUT2D eigenvalue weighted by molar-refractivity contribution is 0.0822. The zero-order chi connectivity index (χ0) is 14.5. The second-order valence-corrected chi connectivity index (χ2v) is 5.43. The predicted octanol–water partition coefficient (Wildman–Crippen LogP) is 1.36. The zero-order valence-electron chi connectivity index (χ0n) is 12.6. The van der Waals surface area contributed by atoms with Gasteiger partial charge in [-0.05, 0) is 38.4 Å². The number of nitrogens with zero attached hydrogens (tertiary/aromatic N) is 3. The van der Waals surface area contributed by atoms with Crippen LogP contribution in [0.3, 0.4) is 0 Å². The van der Waals surface area contributed by atoms with Crippen LogP contribution in [-0.4, -0.2) is 55.6 Å². The number of nitrogens with one attached hydrogen (secondary N) is 1. The molecule has 1 unspecified atom stereocenters. The van der Waals surface area contributed by atoms with Crippen LogP contribution >= 0.6 is 0 Å². The summed E-state index contributed by atoms with van der Waals surface area (Å²) in [6.07, 6.45) is 4.20. The molecule has 1 aliphatic rings. The van der Waals surface area contributed by atoms with Crippen molar-refractivity contribution in [2.45, 2.75) is 25.8 Å². The lowest BCUT2D eigenvalue weighted by Crippen LogP contribution is -2.37. The molecule has 1 atom stereocenters. The molecule has 2 rings (SSSR count). The molecule has 2 heterocycles. The molecule has 1 aliphatic heterocycles. The number of rotatable bonds is 5. The third-order valence-electron chi connectivity index (χ3n) is 3.72. The van der Waals surface area contributed by atoms with Gasteiger partial charge in [-0.2, -0.15) is 0 Å². The van der Waals surface area contributed by atoms with Gasteiger partial charge in [0.25, 0.3) is 5.91 Å². The molecule has 1 aromatic heterocycles. The highest BCUT2D eigenvalue weighted by molar-refractivity contribution is 5.92. The molecular weight excluding hydrogens is 252 g/mol. The van der Waals surface area contributed by atoms with E-state index in [-0.39, 0.29) is 5.91 Å². The number of anilines is 1. The van der Waals surface area contributed by atoms with Crippen molar-refractivity contribution in [3.63, 3.8) is 0 Å². The Bertz CT molecular complexity index is 455. The summed E-state index contributed by atoms with van der Waals surface area (Å²) in [6.45, 7) is 5.17. The van der Waals surface area contributed by atoms with E-state index in [1.54, 1.807) is 25.2 Å². The normalized spacial score (nSPS) is 18.1. The van der Waals surface area contributed by atoms with E-state index in [1.165, 1.54) is 12.8 Å². The third-order valence-corrected chi connectivity index (χ3v) is 3.72. The van der Waals surface area contributed by atoms with Gasteiger partial charge in [0.1, 0.15) is 5.69 Å². The Balaban J connectivity index is 2.12. The standard InChI is InChI=1S/C15H24N4O/c1-4-19(11-12-6-5-8-16-12)13-7-9-17-14(10-13)15(20)18(2)3/h7,9-10,12,16H,4-6,8,11H2,1-3H3. The highest BCUT2D eigenvalue weighted by Gasteiger charge is 2.18. The summed E-state index contributed by atoms with van der Waals surface area (Å²) < 4.78 is 0. The van der Waals surface area contributed by atoms with Crippen LogP contribution in [-0.2, 0) is 0 Å². The van der Waals surface area contributed by atoms with E-state index in [2.05, 4.69) is 22.1 Å². The molecule has 1 amide bonds. The van der Waals surface area contributed by atoms with Crippen LogP contribution in [0.25, 0.3) is 0 Å². The molecule has 0 spiro atoms. The predicted molar refractivity (Wildman–Crippen MR) is 81.2 cm³/mol. The van der Waals surface area contributed by atoms with Crippen LogP contribution < -0.4 is 10.2 Å². The van der Waals surface area contributed by atoms with Gasteiger partial charge in [-0.15, -0.1) is 0 Å². The van der Waals surface area contributed by atoms with E-state index in [4.69, 9.17) is 0 Å². The number of pyridine rings is 1. The molecule has 1 N–H and O–H groups in total. The van der Waals surface area contributed by atoms with Gasteiger partial charge in [0.05, 0.1) is 0 Å². The van der Waals surface area contributed by atoms with Crippen LogP contribution in [0.2, 0.25) is 0 Å². The van der Waals surface area contributed by atoms with E-state index in [0.717, 1.165) is 25.3 Å². The quantitative estimate of drug-likeness (QED) is 0.882. The summed E-state index contributed by atoms with van der Waals surface area (Å²) in [4.78, 5) is 20.0. The number of aromatic nitrogens is 1. The van der Waals surface area contributed by atoms with Gasteiger partial charge in [0.15, 0.2) is 0 Å². The molecule has 0 radical (unpaired) electrons. The summed E-state index contributed by atoms with van der Waals surface area (Å²) in [7, 11) is 3.49. The molecule has 0 bridgehead atoms. The molecule has 0 aromatic carbocycles. The van der Waals surface area contributed by atoms with Crippen molar-refractivity contribution in [2.75, 3.05) is 38.6 Å². The Labute approximate surface area is 121 Å². The largest absolute Gasteiger partial charge is 0.370 e. The SMILES string of the molecule is CCN(CC1CCCN1)c1ccnc(C(=O)N(C)C)c1. The van der Waals surface area contributed by atoms with Crippen molar-refractivity contribution in [2.24, 2.45) is 0 Å². The molecule has 20 heavy (non-hydrogen) atoms. The Morgan fingerprint density at radius 2 is 2.30 bits per heavy atom. The minimum atomic E-state index is -0.0538. The molecule has 1 aromatic rings. The number of likely N-dealkylation sites (N-methyl/N-ethyl adjacent to an activating group) is 1. The molecule has 5 heteroatoms. The van der Waals surface area contributed by atoms with Crippen LogP contribution in [0.4, 0.5) is 5.69 Å². The number of hydrogen-bond acceptors (Lipinski definition) is 4. The molecule has 1 saturated heterocycles. The number of hydrogen-bond donors (Lipinski definition) is 1. The van der Waals surface area contributed by atoms with Gasteiger partial charge in [-0.25, -0.2) is 0 Å². The van der Waals surface area contributed by atoms with E-state index in [1.807, 2.05) is 12.1 Å². The lowest BCUT2D eigenvalue weighted by Gasteiger charge is -2.26. The molecule has 110 valence electrons. The topological polar surface area (TPSA) is 48.5 Å². The van der Waals surface area contributed by atoms with Crippen molar-refractivity contribution < 1.29 is 4.79 Å². The van der Waals surface area contributed by atoms with Gasteiger partial charge in [-0.3, -0.25) is 9.78 Å². The molecule has 0 saturated carbocycles. The number of amides is 1. The Morgan fingerprint density at radius 3 is 2.90 bits per heavy atom. The van der Waals surface area contributed by atoms with E-state index in [0.29, 0.717) is 11.7 Å². The Kier molecular flexibility index (Phi) is 4.95. The van der Waals surface area contributed by atoms with Crippen molar-refractivity contribution in [3.05, 3.63) is 24.0 Å². The highest BCUT2D eigenvalue weighted by atomic mass is 16.2. The Morgan fingerprint density at radius 1 is 1.50 bits per heavy atom. The minimum Gasteiger partial charge on any atom is -0.370 e. The smallest absolute Gasteiger partial charge is 0.272 e. The average Bonchev–Trinajstić information content (AvgIpc) is 2.97. The maximum Gasteiger partial charge on any atom is 0.272 e. The monoisotopic (exact) mass is 276 g/mol. The fraction of sp³-hybridized carbons (Fsp3) is 0.600. The first-order chi connectivity index (χ1) is 9.61. The lowest BCUT2D eigenvalue weighted by atomic mass is 10.2. The maximum absolute atomic E-state index is 12.0. The first-order valence-electron chi connectivity index (χ1n) is 7.28. The summed E-state index contributed by atoms with van der Waals surface area (Å²) in [5.74, 6) is -0.0538. The third kappa shape index (κ3) is 3.48. The van der Waals surface area contributed by atoms with Gasteiger partial charge in [0, 0.05) is 45.1 Å². The summed E-state index contributed by atoms with van der Waals surface area (Å²) in [5, 5.41) is 3.51. The van der Waals surface area contributed by atoms with E-state index >= 15 is 0 Å². The number of carbonyl (C=O) groups excluding carboxylic acids is 1. The van der Waals surface area contributed by atoms with Crippen molar-refractivity contribution in [1.29, 1.82) is 0 Å². The van der Waals surface area contributed by atoms with Gasteiger partial charge in [-0.1, -0.05) is 0 Å². The summed E-state index contributed by atoms with van der Waals surface area (Å²) >= 11 is 0. The fourth-order valence-electron chi connectivity index (χ4n) is 2.56. The zero-order valence-corrected chi connectivity index (χ0v) is 12.6. The van der Waals surface area contributed by atoms with Gasteiger partial charge in [0.2, 0.25) is 0 Å². The van der Waals surface area contributed by atoms with Crippen LogP contribution in [0.1, 0.15) is 30.3 Å². The average molecular weight is 276 g/mol. The van der Waals surface area contributed by atoms with Gasteiger partial charge < -0.3 is 15.1 Å². The maximum atomic E-state index is 12.0. The second-order valence-electron chi connectivity index (χ2n) is 5.43. The highest BCUT2D eigenvalue weighted by Crippen LogP contribution is 2.17. The van der Waals surface area contributed by atoms with Gasteiger partial charge >= 0.3 is 0 Å². The first kappa shape index (κ1) is 14.8. The second kappa shape index (κ2) is 6.70. The summed E-state index contributed by atoms with van der Waals surface area (Å²) in [6, 6.07) is 4.42. The molecule has 5 nitrogen and oxygen atoms in total. The number of carbonyl (C=O) groups is 1. The van der Waals surface area contributed by atoms with E-state index < -0.39 is 0 Å². The Hall–Kier alpha value is -1.62. The summed E-state index contributed by atoms with van der Waals surface area (Å²) in [5.41, 5.74) is 1.58.